The van der Waals surface area contributed by atoms with Gasteiger partial charge in [-0.1, -0.05) is 12.8 Å². The molecule has 1 saturated carbocycles. The Kier molecular flexibility index (Phi) is 4.14. The van der Waals surface area contributed by atoms with Crippen molar-refractivity contribution in [3.8, 4) is 5.75 Å². The van der Waals surface area contributed by atoms with Crippen LogP contribution in [0.15, 0.2) is 18.3 Å². The molecule has 1 aromatic rings. The molecule has 0 saturated heterocycles. The van der Waals surface area contributed by atoms with E-state index >= 15 is 0 Å². The van der Waals surface area contributed by atoms with Crippen molar-refractivity contribution in [2.24, 2.45) is 0 Å². The fourth-order valence-corrected chi connectivity index (χ4v) is 2.31. The molecule has 0 spiro atoms. The van der Waals surface area contributed by atoms with Crippen LogP contribution in [0.2, 0.25) is 0 Å². The Morgan fingerprint density at radius 2 is 2.24 bits per heavy atom. The van der Waals surface area contributed by atoms with E-state index in [1.165, 1.54) is 25.7 Å². The summed E-state index contributed by atoms with van der Waals surface area (Å²) >= 11 is 5.26. The molecule has 0 amide bonds. The fraction of sp³-hybridized carbons (Fsp3) is 0.500. The number of thiocarbonyl (C=S) groups is 1. The molecule has 1 aliphatic carbocycles. The minimum Gasteiger partial charge on any atom is -0.493 e. The third-order valence-electron chi connectivity index (χ3n) is 2.91. The highest BCUT2D eigenvalue weighted by Crippen LogP contribution is 2.21. The van der Waals surface area contributed by atoms with Gasteiger partial charge in [-0.3, -0.25) is 0 Å². The lowest BCUT2D eigenvalue weighted by molar-refractivity contribution is 0.415. The van der Waals surface area contributed by atoms with Gasteiger partial charge in [0.1, 0.15) is 0 Å². The van der Waals surface area contributed by atoms with E-state index in [0.29, 0.717) is 22.7 Å². The average Bonchev–Trinajstić information content (AvgIpc) is 2.82. The van der Waals surface area contributed by atoms with Gasteiger partial charge in [-0.05, 0) is 37.2 Å². The van der Waals surface area contributed by atoms with Crippen molar-refractivity contribution in [2.45, 2.75) is 31.7 Å². The van der Waals surface area contributed by atoms with Gasteiger partial charge >= 0.3 is 0 Å². The minimum absolute atomic E-state index is 0.504. The molecular weight excluding hydrogens is 234 g/mol. The Labute approximate surface area is 107 Å². The number of anilines is 1. The first kappa shape index (κ1) is 12.1. The monoisotopic (exact) mass is 251 g/mol. The summed E-state index contributed by atoms with van der Waals surface area (Å²) in [5, 5.41) is 7.00. The zero-order chi connectivity index (χ0) is 12.1. The molecule has 17 heavy (non-hydrogen) atoms. The second-order valence-electron chi connectivity index (χ2n) is 4.13. The molecule has 0 radical (unpaired) electrons. The van der Waals surface area contributed by atoms with Crippen LogP contribution in [0.25, 0.3) is 0 Å². The van der Waals surface area contributed by atoms with Crippen molar-refractivity contribution >= 4 is 23.1 Å². The van der Waals surface area contributed by atoms with E-state index in [4.69, 9.17) is 17.0 Å². The van der Waals surface area contributed by atoms with Gasteiger partial charge in [0.15, 0.2) is 16.7 Å². The van der Waals surface area contributed by atoms with E-state index in [2.05, 4.69) is 15.6 Å². The lowest BCUT2D eigenvalue weighted by Gasteiger charge is -2.16. The first-order valence-corrected chi connectivity index (χ1v) is 6.27. The first-order chi connectivity index (χ1) is 8.29. The van der Waals surface area contributed by atoms with Gasteiger partial charge < -0.3 is 15.4 Å². The predicted octanol–water partition coefficient (Wildman–Crippen LogP) is 2.32. The minimum atomic E-state index is 0.504. The molecule has 0 bridgehead atoms. The lowest BCUT2D eigenvalue weighted by atomic mass is 10.3. The molecule has 2 rings (SSSR count). The van der Waals surface area contributed by atoms with E-state index < -0.39 is 0 Å². The lowest BCUT2D eigenvalue weighted by Crippen LogP contribution is -2.36. The maximum atomic E-state index is 5.26. The van der Waals surface area contributed by atoms with E-state index in [-0.39, 0.29) is 0 Å². The zero-order valence-corrected chi connectivity index (χ0v) is 10.7. The van der Waals surface area contributed by atoms with E-state index in [1.807, 2.05) is 12.1 Å². The van der Waals surface area contributed by atoms with Crippen LogP contribution in [0, 0.1) is 0 Å². The SMILES string of the molecule is COc1cccnc1NC(=S)NC1CCCC1. The molecule has 1 fully saturated rings. The summed E-state index contributed by atoms with van der Waals surface area (Å²) in [6.07, 6.45) is 6.67. The maximum absolute atomic E-state index is 5.26. The fourth-order valence-electron chi connectivity index (χ4n) is 2.05. The number of nitrogens with zero attached hydrogens (tertiary/aromatic N) is 1. The zero-order valence-electron chi connectivity index (χ0n) is 9.90. The van der Waals surface area contributed by atoms with E-state index in [1.54, 1.807) is 13.3 Å². The van der Waals surface area contributed by atoms with Gasteiger partial charge in [-0.25, -0.2) is 4.98 Å². The summed E-state index contributed by atoms with van der Waals surface area (Å²) in [5.74, 6) is 1.36. The maximum Gasteiger partial charge on any atom is 0.174 e. The second-order valence-corrected chi connectivity index (χ2v) is 4.54. The number of hydrogen-bond acceptors (Lipinski definition) is 3. The number of nitrogens with one attached hydrogen (secondary N) is 2. The highest BCUT2D eigenvalue weighted by molar-refractivity contribution is 7.80. The quantitative estimate of drug-likeness (QED) is 0.807. The Morgan fingerprint density at radius 3 is 2.94 bits per heavy atom. The second kappa shape index (κ2) is 5.82. The van der Waals surface area contributed by atoms with Crippen LogP contribution in [0.1, 0.15) is 25.7 Å². The third-order valence-corrected chi connectivity index (χ3v) is 3.13. The van der Waals surface area contributed by atoms with Gasteiger partial charge in [0.25, 0.3) is 0 Å². The predicted molar refractivity (Wildman–Crippen MR) is 72.4 cm³/mol. The molecule has 4 nitrogen and oxygen atoms in total. The number of aromatic nitrogens is 1. The van der Waals surface area contributed by atoms with Crippen LogP contribution in [0.3, 0.4) is 0 Å². The standard InChI is InChI=1S/C12H17N3OS/c1-16-10-7-4-8-13-11(10)15-12(17)14-9-5-2-3-6-9/h4,7-9H,2-3,5-6H2,1H3,(H2,13,14,15,17). The number of methoxy groups -OCH3 is 1. The summed E-state index contributed by atoms with van der Waals surface area (Å²) in [5.41, 5.74) is 0. The normalized spacial score (nSPS) is 15.6. The summed E-state index contributed by atoms with van der Waals surface area (Å²) < 4.78 is 5.20. The smallest absolute Gasteiger partial charge is 0.174 e. The van der Waals surface area contributed by atoms with Crippen LogP contribution in [0.4, 0.5) is 5.82 Å². The Balaban J connectivity index is 1.92. The molecule has 5 heteroatoms. The number of pyridine rings is 1. The highest BCUT2D eigenvalue weighted by Gasteiger charge is 2.16. The molecular formula is C12H17N3OS. The van der Waals surface area contributed by atoms with Gasteiger partial charge in [-0.2, -0.15) is 0 Å². The molecule has 0 aliphatic heterocycles. The van der Waals surface area contributed by atoms with Crippen molar-refractivity contribution in [1.29, 1.82) is 0 Å². The highest BCUT2D eigenvalue weighted by atomic mass is 32.1. The molecule has 0 aromatic carbocycles. The van der Waals surface area contributed by atoms with Crippen molar-refractivity contribution in [3.63, 3.8) is 0 Å². The average molecular weight is 251 g/mol. The topological polar surface area (TPSA) is 46.2 Å². The molecule has 92 valence electrons. The van der Waals surface area contributed by atoms with Gasteiger partial charge in [0.2, 0.25) is 0 Å². The Hall–Kier alpha value is -1.36. The summed E-state index contributed by atoms with van der Waals surface area (Å²) in [6, 6.07) is 4.19. The van der Waals surface area contributed by atoms with Crippen LogP contribution in [-0.2, 0) is 0 Å². The Morgan fingerprint density at radius 1 is 1.47 bits per heavy atom. The summed E-state index contributed by atoms with van der Waals surface area (Å²) in [6.45, 7) is 0. The third kappa shape index (κ3) is 3.30. The first-order valence-electron chi connectivity index (χ1n) is 5.86. The molecule has 0 atom stereocenters. The van der Waals surface area contributed by atoms with E-state index in [0.717, 1.165) is 0 Å². The molecule has 1 aliphatic rings. The summed E-state index contributed by atoms with van der Waals surface area (Å²) in [7, 11) is 1.62. The van der Waals surface area contributed by atoms with Crippen molar-refractivity contribution in [3.05, 3.63) is 18.3 Å². The van der Waals surface area contributed by atoms with Gasteiger partial charge in [0.05, 0.1) is 7.11 Å². The van der Waals surface area contributed by atoms with Crippen LogP contribution in [-0.4, -0.2) is 23.2 Å². The Bertz CT molecular complexity index is 391. The van der Waals surface area contributed by atoms with Crippen molar-refractivity contribution in [2.75, 3.05) is 12.4 Å². The van der Waals surface area contributed by atoms with E-state index in [9.17, 15) is 0 Å². The van der Waals surface area contributed by atoms with Crippen molar-refractivity contribution < 1.29 is 4.74 Å². The van der Waals surface area contributed by atoms with Crippen molar-refractivity contribution in [1.82, 2.24) is 10.3 Å². The molecule has 2 N–H and O–H groups in total. The molecule has 1 heterocycles. The summed E-state index contributed by atoms with van der Waals surface area (Å²) in [4.78, 5) is 4.20. The van der Waals surface area contributed by atoms with Gasteiger partial charge in [0, 0.05) is 12.2 Å². The molecule has 1 aromatic heterocycles. The van der Waals surface area contributed by atoms with Crippen LogP contribution < -0.4 is 15.4 Å². The molecule has 0 unspecified atom stereocenters. The van der Waals surface area contributed by atoms with Crippen LogP contribution >= 0.6 is 12.2 Å². The largest absolute Gasteiger partial charge is 0.493 e. The number of rotatable bonds is 3. The number of ether oxygens (including phenoxy) is 1. The van der Waals surface area contributed by atoms with Crippen LogP contribution in [0.5, 0.6) is 5.75 Å². The van der Waals surface area contributed by atoms with Gasteiger partial charge in [-0.15, -0.1) is 0 Å². The number of hydrogen-bond donors (Lipinski definition) is 2.